The molecule has 0 saturated carbocycles. The maximum atomic E-state index is 13.6. The molecule has 0 aliphatic carbocycles. The number of fused-ring (bicyclic) bond motifs is 1. The van der Waals surface area contributed by atoms with E-state index in [1.807, 2.05) is 36.4 Å². The smallest absolute Gasteiger partial charge is 0.123 e. The zero-order chi connectivity index (χ0) is 15.5. The number of benzene rings is 3. The molecule has 0 radical (unpaired) electrons. The second-order valence-electron chi connectivity index (χ2n) is 5.35. The lowest BCUT2D eigenvalue weighted by Gasteiger charge is -2.20. The van der Waals surface area contributed by atoms with E-state index in [1.165, 1.54) is 12.1 Å². The van der Waals surface area contributed by atoms with Crippen LogP contribution in [0.25, 0.3) is 10.8 Å². The van der Waals surface area contributed by atoms with Gasteiger partial charge in [0.05, 0.1) is 0 Å². The molecule has 0 fully saturated rings. The Labute approximate surface area is 129 Å². The molecule has 22 heavy (non-hydrogen) atoms. The van der Waals surface area contributed by atoms with E-state index in [9.17, 15) is 9.50 Å². The first kappa shape index (κ1) is 14.3. The molecule has 0 aliphatic heterocycles. The van der Waals surface area contributed by atoms with E-state index in [2.05, 4.69) is 6.58 Å². The van der Waals surface area contributed by atoms with Gasteiger partial charge in [0.25, 0.3) is 0 Å². The molecule has 3 rings (SSSR count). The van der Waals surface area contributed by atoms with Crippen LogP contribution in [0, 0.1) is 5.82 Å². The minimum atomic E-state index is -0.272. The van der Waals surface area contributed by atoms with Gasteiger partial charge < -0.3 is 5.11 Å². The molecule has 2 heteroatoms. The van der Waals surface area contributed by atoms with Crippen LogP contribution in [0.15, 0.2) is 73.3 Å². The van der Waals surface area contributed by atoms with Crippen molar-refractivity contribution in [2.24, 2.45) is 0 Å². The summed E-state index contributed by atoms with van der Waals surface area (Å²) in [5, 5.41) is 12.4. The molecule has 1 atom stereocenters. The normalized spacial score (nSPS) is 12.2. The van der Waals surface area contributed by atoms with Crippen LogP contribution >= 0.6 is 0 Å². The fourth-order valence-electron chi connectivity index (χ4n) is 2.96. The minimum absolute atomic E-state index is 0.126. The molecular weight excluding hydrogens is 275 g/mol. The van der Waals surface area contributed by atoms with Gasteiger partial charge in [0.1, 0.15) is 11.6 Å². The highest BCUT2D eigenvalue weighted by atomic mass is 19.1. The quantitative estimate of drug-likeness (QED) is 0.639. The zero-order valence-electron chi connectivity index (χ0n) is 12.2. The van der Waals surface area contributed by atoms with Crippen molar-refractivity contribution in [2.45, 2.75) is 12.3 Å². The van der Waals surface area contributed by atoms with Crippen molar-refractivity contribution in [3.8, 4) is 5.75 Å². The van der Waals surface area contributed by atoms with Crippen LogP contribution in [0.4, 0.5) is 4.39 Å². The standard InChI is InChI=1S/C20H17FO/c1-2-6-17(15-8-5-9-16(21)13-15)20-18-10-4-3-7-14(18)11-12-19(20)22/h2-5,7-13,17,22H,1,6H2. The molecular formula is C20H17FO. The predicted octanol–water partition coefficient (Wildman–Crippen LogP) is 5.39. The third-order valence-electron chi connectivity index (χ3n) is 3.95. The van der Waals surface area contributed by atoms with Crippen molar-refractivity contribution in [1.82, 2.24) is 0 Å². The monoisotopic (exact) mass is 292 g/mol. The lowest BCUT2D eigenvalue weighted by atomic mass is 9.85. The van der Waals surface area contributed by atoms with Crippen molar-refractivity contribution in [3.05, 3.63) is 90.3 Å². The lowest BCUT2D eigenvalue weighted by molar-refractivity contribution is 0.466. The van der Waals surface area contributed by atoms with Gasteiger partial charge in [0.15, 0.2) is 0 Å². The summed E-state index contributed by atoms with van der Waals surface area (Å²) in [4.78, 5) is 0. The molecule has 0 saturated heterocycles. The topological polar surface area (TPSA) is 20.2 Å². The fraction of sp³-hybridized carbons (Fsp3) is 0.100. The van der Waals surface area contributed by atoms with Crippen LogP contribution < -0.4 is 0 Å². The molecule has 3 aromatic carbocycles. The van der Waals surface area contributed by atoms with E-state index >= 15 is 0 Å². The number of allylic oxidation sites excluding steroid dienone is 1. The SMILES string of the molecule is C=CCC(c1cccc(F)c1)c1c(O)ccc2ccccc12. The largest absolute Gasteiger partial charge is 0.508 e. The summed E-state index contributed by atoms with van der Waals surface area (Å²) in [5.74, 6) is -0.166. The molecule has 3 aromatic rings. The van der Waals surface area contributed by atoms with E-state index in [0.717, 1.165) is 21.9 Å². The van der Waals surface area contributed by atoms with Crippen molar-refractivity contribution < 1.29 is 9.50 Å². The number of halogens is 1. The Hall–Kier alpha value is -2.61. The van der Waals surface area contributed by atoms with E-state index in [4.69, 9.17) is 0 Å². The number of hydrogen-bond acceptors (Lipinski definition) is 1. The number of hydrogen-bond donors (Lipinski definition) is 1. The molecule has 1 nitrogen and oxygen atoms in total. The van der Waals surface area contributed by atoms with E-state index in [0.29, 0.717) is 6.42 Å². The molecule has 0 spiro atoms. The molecule has 0 aromatic heterocycles. The van der Waals surface area contributed by atoms with Crippen LogP contribution in [0.2, 0.25) is 0 Å². The molecule has 110 valence electrons. The van der Waals surface area contributed by atoms with Crippen molar-refractivity contribution in [3.63, 3.8) is 0 Å². The van der Waals surface area contributed by atoms with Crippen molar-refractivity contribution >= 4 is 10.8 Å². The number of phenols is 1. The van der Waals surface area contributed by atoms with Gasteiger partial charge in [-0.1, -0.05) is 48.5 Å². The summed E-state index contributed by atoms with van der Waals surface area (Å²) < 4.78 is 13.6. The van der Waals surface area contributed by atoms with Crippen LogP contribution in [0.5, 0.6) is 5.75 Å². The Balaban J connectivity index is 2.25. The van der Waals surface area contributed by atoms with Crippen LogP contribution in [-0.2, 0) is 0 Å². The van der Waals surface area contributed by atoms with Crippen molar-refractivity contribution in [1.29, 1.82) is 0 Å². The summed E-state index contributed by atoms with van der Waals surface area (Å²) in [6.07, 6.45) is 2.43. The average molecular weight is 292 g/mol. The Morgan fingerprint density at radius 2 is 1.86 bits per heavy atom. The van der Waals surface area contributed by atoms with Gasteiger partial charge in [0, 0.05) is 11.5 Å². The molecule has 1 N–H and O–H groups in total. The first-order valence-electron chi connectivity index (χ1n) is 7.27. The first-order valence-corrected chi connectivity index (χ1v) is 7.27. The molecule has 1 unspecified atom stereocenters. The summed E-state index contributed by atoms with van der Waals surface area (Å²) in [7, 11) is 0. The van der Waals surface area contributed by atoms with Gasteiger partial charge in [-0.3, -0.25) is 0 Å². The van der Waals surface area contributed by atoms with E-state index < -0.39 is 0 Å². The minimum Gasteiger partial charge on any atom is -0.508 e. The summed E-state index contributed by atoms with van der Waals surface area (Å²) in [6, 6.07) is 18.0. The second kappa shape index (κ2) is 6.02. The Bertz CT molecular complexity index is 823. The zero-order valence-corrected chi connectivity index (χ0v) is 12.2. The Morgan fingerprint density at radius 1 is 1.05 bits per heavy atom. The van der Waals surface area contributed by atoms with Crippen LogP contribution in [0.3, 0.4) is 0 Å². The average Bonchev–Trinajstić information content (AvgIpc) is 2.53. The molecule has 0 aliphatic rings. The Kier molecular flexibility index (Phi) is 3.92. The van der Waals surface area contributed by atoms with Gasteiger partial charge in [-0.2, -0.15) is 0 Å². The third-order valence-corrected chi connectivity index (χ3v) is 3.95. The highest BCUT2D eigenvalue weighted by Crippen LogP contribution is 2.39. The lowest BCUT2D eigenvalue weighted by Crippen LogP contribution is -2.02. The number of phenolic OH excluding ortho intramolecular Hbond substituents is 1. The van der Waals surface area contributed by atoms with E-state index in [1.54, 1.807) is 18.2 Å². The van der Waals surface area contributed by atoms with Gasteiger partial charge in [0.2, 0.25) is 0 Å². The predicted molar refractivity (Wildman–Crippen MR) is 88.7 cm³/mol. The first-order chi connectivity index (χ1) is 10.7. The molecule has 0 amide bonds. The van der Waals surface area contributed by atoms with Crippen LogP contribution in [0.1, 0.15) is 23.5 Å². The van der Waals surface area contributed by atoms with Gasteiger partial charge >= 0.3 is 0 Å². The second-order valence-corrected chi connectivity index (χ2v) is 5.35. The Morgan fingerprint density at radius 3 is 2.64 bits per heavy atom. The van der Waals surface area contributed by atoms with Gasteiger partial charge in [-0.05, 0) is 41.0 Å². The van der Waals surface area contributed by atoms with E-state index in [-0.39, 0.29) is 17.5 Å². The van der Waals surface area contributed by atoms with Gasteiger partial charge in [-0.25, -0.2) is 4.39 Å². The summed E-state index contributed by atoms with van der Waals surface area (Å²) >= 11 is 0. The maximum Gasteiger partial charge on any atom is 0.123 e. The van der Waals surface area contributed by atoms with Crippen LogP contribution in [-0.4, -0.2) is 5.11 Å². The maximum absolute atomic E-state index is 13.6. The van der Waals surface area contributed by atoms with Crippen molar-refractivity contribution in [2.75, 3.05) is 0 Å². The molecule has 0 heterocycles. The highest BCUT2D eigenvalue weighted by Gasteiger charge is 2.19. The third kappa shape index (κ3) is 2.60. The van der Waals surface area contributed by atoms with Gasteiger partial charge in [-0.15, -0.1) is 6.58 Å². The molecule has 0 bridgehead atoms. The highest BCUT2D eigenvalue weighted by molar-refractivity contribution is 5.88. The number of aromatic hydroxyl groups is 1. The summed E-state index contributed by atoms with van der Waals surface area (Å²) in [6.45, 7) is 3.81. The number of rotatable bonds is 4. The summed E-state index contributed by atoms with van der Waals surface area (Å²) in [5.41, 5.74) is 1.66. The fourth-order valence-corrected chi connectivity index (χ4v) is 2.96.